The van der Waals surface area contributed by atoms with Crippen molar-refractivity contribution in [3.05, 3.63) is 65.2 Å². The van der Waals surface area contributed by atoms with E-state index in [1.807, 2.05) is 4.72 Å². The molecule has 2 aromatic carbocycles. The molecule has 26 heavy (non-hydrogen) atoms. The average Bonchev–Trinajstić information content (AvgIpc) is 2.58. The summed E-state index contributed by atoms with van der Waals surface area (Å²) in [4.78, 5) is 12.2. The van der Waals surface area contributed by atoms with Crippen LogP contribution in [-0.4, -0.2) is 39.9 Å². The van der Waals surface area contributed by atoms with Crippen molar-refractivity contribution in [2.75, 3.05) is 20.6 Å². The van der Waals surface area contributed by atoms with Crippen molar-refractivity contribution >= 4 is 15.9 Å². The third kappa shape index (κ3) is 4.65. The lowest BCUT2D eigenvalue weighted by Gasteiger charge is -2.09. The normalized spacial score (nSPS) is 10.8. The van der Waals surface area contributed by atoms with Crippen LogP contribution in [-0.2, 0) is 10.0 Å². The number of carbonyl (C=O) groups is 1. The standard InChI is InChI=1S/C18H16F2N2O3S/c1-22(2)18(23)14-10-8-13(9-11-14)5-4-12-21-26(24,25)17-15(19)6-3-7-16(17)20/h3,6-11,21H,12H2,1-2H3. The Bertz CT molecular complexity index is 955. The zero-order valence-electron chi connectivity index (χ0n) is 14.1. The summed E-state index contributed by atoms with van der Waals surface area (Å²) in [7, 11) is -1.08. The van der Waals surface area contributed by atoms with Gasteiger partial charge in [0.15, 0.2) is 4.90 Å². The van der Waals surface area contributed by atoms with Crippen LogP contribution in [0.2, 0.25) is 0 Å². The van der Waals surface area contributed by atoms with Crippen LogP contribution >= 0.6 is 0 Å². The van der Waals surface area contributed by atoms with Crippen LogP contribution in [0.4, 0.5) is 8.78 Å². The number of nitrogens with zero attached hydrogens (tertiary/aromatic N) is 1. The number of benzene rings is 2. The molecule has 2 aromatic rings. The third-order valence-corrected chi connectivity index (χ3v) is 4.76. The maximum atomic E-state index is 13.6. The Balaban J connectivity index is 2.06. The lowest BCUT2D eigenvalue weighted by molar-refractivity contribution is 0.0827. The highest BCUT2D eigenvalue weighted by atomic mass is 32.2. The SMILES string of the molecule is CN(C)C(=O)c1ccc(C#CCNS(=O)(=O)c2c(F)cccc2F)cc1. The maximum absolute atomic E-state index is 13.6. The molecule has 0 aliphatic heterocycles. The van der Waals surface area contributed by atoms with Gasteiger partial charge in [-0.2, -0.15) is 4.72 Å². The molecule has 0 saturated heterocycles. The van der Waals surface area contributed by atoms with E-state index in [1.54, 1.807) is 38.4 Å². The van der Waals surface area contributed by atoms with Crippen LogP contribution in [0.1, 0.15) is 15.9 Å². The monoisotopic (exact) mass is 378 g/mol. The maximum Gasteiger partial charge on any atom is 0.253 e. The van der Waals surface area contributed by atoms with E-state index in [9.17, 15) is 22.0 Å². The number of hydrogen-bond acceptors (Lipinski definition) is 3. The number of halogens is 2. The van der Waals surface area contributed by atoms with Crippen LogP contribution in [0, 0.1) is 23.5 Å². The van der Waals surface area contributed by atoms with E-state index in [1.165, 1.54) is 4.90 Å². The molecule has 136 valence electrons. The Kier molecular flexibility index (Phi) is 6.08. The van der Waals surface area contributed by atoms with Gasteiger partial charge in [0.25, 0.3) is 5.91 Å². The second-order valence-electron chi connectivity index (χ2n) is 5.45. The van der Waals surface area contributed by atoms with Gasteiger partial charge in [-0.1, -0.05) is 17.9 Å². The van der Waals surface area contributed by atoms with E-state index in [0.29, 0.717) is 11.1 Å². The van der Waals surface area contributed by atoms with Crippen molar-refractivity contribution in [1.82, 2.24) is 9.62 Å². The van der Waals surface area contributed by atoms with Gasteiger partial charge < -0.3 is 4.90 Å². The predicted molar refractivity (Wildman–Crippen MR) is 92.9 cm³/mol. The molecule has 0 spiro atoms. The largest absolute Gasteiger partial charge is 0.345 e. The first-order chi connectivity index (χ1) is 12.2. The second-order valence-corrected chi connectivity index (χ2v) is 7.16. The van der Waals surface area contributed by atoms with Gasteiger partial charge in [-0.05, 0) is 36.4 Å². The highest BCUT2D eigenvalue weighted by molar-refractivity contribution is 7.89. The summed E-state index contributed by atoms with van der Waals surface area (Å²) in [5.41, 5.74) is 1.06. The fourth-order valence-electron chi connectivity index (χ4n) is 2.04. The van der Waals surface area contributed by atoms with Crippen molar-refractivity contribution in [1.29, 1.82) is 0 Å². The van der Waals surface area contributed by atoms with Gasteiger partial charge in [-0.25, -0.2) is 17.2 Å². The lowest BCUT2D eigenvalue weighted by atomic mass is 10.1. The van der Waals surface area contributed by atoms with E-state index in [2.05, 4.69) is 11.8 Å². The molecule has 0 aliphatic rings. The van der Waals surface area contributed by atoms with E-state index in [4.69, 9.17) is 0 Å². The van der Waals surface area contributed by atoms with Crippen molar-refractivity contribution in [3.63, 3.8) is 0 Å². The van der Waals surface area contributed by atoms with Crippen LogP contribution in [0.25, 0.3) is 0 Å². The first-order valence-corrected chi connectivity index (χ1v) is 8.95. The molecule has 0 aromatic heterocycles. The predicted octanol–water partition coefficient (Wildman–Crippen LogP) is 2.00. The van der Waals surface area contributed by atoms with E-state index < -0.39 is 26.6 Å². The smallest absolute Gasteiger partial charge is 0.253 e. The van der Waals surface area contributed by atoms with Gasteiger partial charge in [0.1, 0.15) is 11.6 Å². The summed E-state index contributed by atoms with van der Waals surface area (Å²) in [5.74, 6) is 2.76. The summed E-state index contributed by atoms with van der Waals surface area (Å²) >= 11 is 0. The van der Waals surface area contributed by atoms with Gasteiger partial charge in [0.2, 0.25) is 10.0 Å². The van der Waals surface area contributed by atoms with Crippen LogP contribution in [0.5, 0.6) is 0 Å². The molecule has 8 heteroatoms. The summed E-state index contributed by atoms with van der Waals surface area (Å²) in [6.07, 6.45) is 0. The Morgan fingerprint density at radius 2 is 1.65 bits per heavy atom. The molecule has 0 unspecified atom stereocenters. The van der Waals surface area contributed by atoms with Crippen molar-refractivity contribution < 1.29 is 22.0 Å². The van der Waals surface area contributed by atoms with Crippen molar-refractivity contribution in [2.24, 2.45) is 0 Å². The Labute approximate surface area is 150 Å². The summed E-state index contributed by atoms with van der Waals surface area (Å²) < 4.78 is 53.1. The number of amides is 1. The minimum absolute atomic E-state index is 0.149. The van der Waals surface area contributed by atoms with Crippen molar-refractivity contribution in [3.8, 4) is 11.8 Å². The molecule has 0 saturated carbocycles. The van der Waals surface area contributed by atoms with Crippen LogP contribution < -0.4 is 4.72 Å². The minimum atomic E-state index is -4.36. The molecule has 0 heterocycles. The Hall–Kier alpha value is -2.76. The zero-order chi connectivity index (χ0) is 19.3. The number of hydrogen-bond donors (Lipinski definition) is 1. The molecule has 5 nitrogen and oxygen atoms in total. The summed E-state index contributed by atoms with van der Waals surface area (Å²) in [6, 6.07) is 9.24. The molecular weight excluding hydrogens is 362 g/mol. The number of sulfonamides is 1. The first-order valence-electron chi connectivity index (χ1n) is 7.46. The zero-order valence-corrected chi connectivity index (χ0v) is 14.9. The van der Waals surface area contributed by atoms with Crippen LogP contribution in [0.3, 0.4) is 0 Å². The molecule has 0 atom stereocenters. The topological polar surface area (TPSA) is 66.5 Å². The fraction of sp³-hybridized carbons (Fsp3) is 0.167. The Morgan fingerprint density at radius 3 is 2.19 bits per heavy atom. The van der Waals surface area contributed by atoms with E-state index >= 15 is 0 Å². The van der Waals surface area contributed by atoms with Gasteiger partial charge in [0, 0.05) is 25.2 Å². The van der Waals surface area contributed by atoms with E-state index in [-0.39, 0.29) is 12.5 Å². The molecule has 0 fully saturated rings. The molecular formula is C18H16F2N2O3S. The molecule has 1 N–H and O–H groups in total. The van der Waals surface area contributed by atoms with Gasteiger partial charge >= 0.3 is 0 Å². The Morgan fingerprint density at radius 1 is 1.08 bits per heavy atom. The second kappa shape index (κ2) is 8.08. The van der Waals surface area contributed by atoms with Gasteiger partial charge in [-0.15, -0.1) is 0 Å². The lowest BCUT2D eigenvalue weighted by Crippen LogP contribution is -2.26. The summed E-state index contributed by atoms with van der Waals surface area (Å²) in [5, 5.41) is 0. The third-order valence-electron chi connectivity index (χ3n) is 3.31. The molecule has 0 aliphatic carbocycles. The quantitative estimate of drug-likeness (QED) is 0.828. The number of rotatable bonds is 4. The van der Waals surface area contributed by atoms with Crippen molar-refractivity contribution in [2.45, 2.75) is 4.90 Å². The number of nitrogens with one attached hydrogen (secondary N) is 1. The highest BCUT2D eigenvalue weighted by Crippen LogP contribution is 2.17. The average molecular weight is 378 g/mol. The molecule has 0 bridgehead atoms. The fourth-order valence-corrected chi connectivity index (χ4v) is 3.10. The molecule has 0 radical (unpaired) electrons. The summed E-state index contributed by atoms with van der Waals surface area (Å²) in [6.45, 7) is -0.325. The van der Waals surface area contributed by atoms with E-state index in [0.717, 1.165) is 18.2 Å². The molecule has 2 rings (SSSR count). The first kappa shape index (κ1) is 19.6. The minimum Gasteiger partial charge on any atom is -0.345 e. The number of carbonyl (C=O) groups excluding carboxylic acids is 1. The molecule has 1 amide bonds. The highest BCUT2D eigenvalue weighted by Gasteiger charge is 2.22. The van der Waals surface area contributed by atoms with Gasteiger partial charge in [0.05, 0.1) is 6.54 Å². The van der Waals surface area contributed by atoms with Crippen LogP contribution in [0.15, 0.2) is 47.4 Å². The van der Waals surface area contributed by atoms with Gasteiger partial charge in [-0.3, -0.25) is 4.79 Å².